The van der Waals surface area contributed by atoms with Crippen LogP contribution in [-0.4, -0.2) is 19.4 Å². The van der Waals surface area contributed by atoms with E-state index in [1.54, 1.807) is 0 Å². The van der Waals surface area contributed by atoms with E-state index in [0.717, 1.165) is 38.5 Å². The van der Waals surface area contributed by atoms with Gasteiger partial charge in [-0.1, -0.05) is 90.1 Å². The highest BCUT2D eigenvalue weighted by Gasteiger charge is 2.25. The summed E-state index contributed by atoms with van der Waals surface area (Å²) >= 11 is 0. The third-order valence-corrected chi connectivity index (χ3v) is 6.87. The van der Waals surface area contributed by atoms with Gasteiger partial charge >= 0.3 is 6.16 Å². The molecule has 0 aliphatic heterocycles. The van der Waals surface area contributed by atoms with Crippen LogP contribution in [0.2, 0.25) is 0 Å². The number of rotatable bonds is 12. The first-order valence-electron chi connectivity index (χ1n) is 12.2. The number of carbonyl (C=O) groups is 1. The van der Waals surface area contributed by atoms with E-state index in [0.29, 0.717) is 13.2 Å². The van der Waals surface area contributed by atoms with Crippen LogP contribution in [0.4, 0.5) is 4.79 Å². The Morgan fingerprint density at radius 3 is 1.97 bits per heavy atom. The van der Waals surface area contributed by atoms with Crippen LogP contribution < -0.4 is 0 Å². The lowest BCUT2D eigenvalue weighted by atomic mass is 9.74. The summed E-state index contributed by atoms with van der Waals surface area (Å²) in [5, 5.41) is 0. The van der Waals surface area contributed by atoms with Crippen LogP contribution in [-0.2, 0) is 33.1 Å². The molecular formula is C29H42O3. The van der Waals surface area contributed by atoms with Crippen molar-refractivity contribution in [2.45, 2.75) is 90.9 Å². The largest absolute Gasteiger partial charge is 0.508 e. The number of benzene rings is 2. The van der Waals surface area contributed by atoms with Crippen LogP contribution in [0, 0.1) is 0 Å². The Bertz CT molecular complexity index is 837. The van der Waals surface area contributed by atoms with Crippen LogP contribution >= 0.6 is 0 Å². The minimum Gasteiger partial charge on any atom is -0.434 e. The van der Waals surface area contributed by atoms with Crippen molar-refractivity contribution in [1.82, 2.24) is 0 Å². The molecule has 0 radical (unpaired) electrons. The molecule has 0 N–H and O–H groups in total. The normalized spacial score (nSPS) is 11.9. The highest BCUT2D eigenvalue weighted by molar-refractivity contribution is 5.59. The Kier molecular flexibility index (Phi) is 9.81. The molecule has 0 atom stereocenters. The van der Waals surface area contributed by atoms with Gasteiger partial charge in [-0.05, 0) is 71.6 Å². The van der Waals surface area contributed by atoms with Gasteiger partial charge in [0, 0.05) is 0 Å². The summed E-state index contributed by atoms with van der Waals surface area (Å²) in [6.07, 6.45) is 5.02. The molecule has 0 saturated heterocycles. The summed E-state index contributed by atoms with van der Waals surface area (Å²) in [5.41, 5.74) is 5.71. The van der Waals surface area contributed by atoms with Crippen LogP contribution in [0.5, 0.6) is 0 Å². The molecule has 0 unspecified atom stereocenters. The van der Waals surface area contributed by atoms with Gasteiger partial charge in [0.05, 0.1) is 13.2 Å². The molecule has 0 aromatic heterocycles. The molecule has 176 valence electrons. The summed E-state index contributed by atoms with van der Waals surface area (Å²) in [6.45, 7) is 14.5. The third-order valence-electron chi connectivity index (χ3n) is 6.87. The van der Waals surface area contributed by atoms with E-state index in [2.05, 4.69) is 71.9 Å². The van der Waals surface area contributed by atoms with E-state index in [9.17, 15) is 4.79 Å². The lowest BCUT2D eigenvalue weighted by Crippen LogP contribution is -2.22. The second kappa shape index (κ2) is 12.1. The van der Waals surface area contributed by atoms with E-state index in [-0.39, 0.29) is 10.8 Å². The van der Waals surface area contributed by atoms with E-state index >= 15 is 0 Å². The van der Waals surface area contributed by atoms with Crippen molar-refractivity contribution in [2.75, 3.05) is 13.2 Å². The van der Waals surface area contributed by atoms with Gasteiger partial charge in [-0.25, -0.2) is 4.79 Å². The van der Waals surface area contributed by atoms with Crippen molar-refractivity contribution in [2.24, 2.45) is 0 Å². The van der Waals surface area contributed by atoms with E-state index in [1.807, 2.05) is 18.2 Å². The summed E-state index contributed by atoms with van der Waals surface area (Å²) < 4.78 is 10.5. The van der Waals surface area contributed by atoms with E-state index in [4.69, 9.17) is 9.47 Å². The van der Waals surface area contributed by atoms with Crippen molar-refractivity contribution < 1.29 is 14.3 Å². The lowest BCUT2D eigenvalue weighted by molar-refractivity contribution is 0.0539. The maximum Gasteiger partial charge on any atom is 0.508 e. The minimum absolute atomic E-state index is 0.119. The first-order chi connectivity index (χ1) is 15.2. The third kappa shape index (κ3) is 7.69. The number of carbonyl (C=O) groups excluding carboxylic acids is 1. The number of aryl methyl sites for hydroxylation is 2. The second-order valence-corrected chi connectivity index (χ2v) is 9.99. The van der Waals surface area contributed by atoms with E-state index in [1.165, 1.54) is 22.3 Å². The molecule has 0 amide bonds. The summed E-state index contributed by atoms with van der Waals surface area (Å²) in [5.74, 6) is 0. The average Bonchev–Trinajstić information content (AvgIpc) is 2.80. The zero-order valence-corrected chi connectivity index (χ0v) is 21.0. The van der Waals surface area contributed by atoms with Crippen molar-refractivity contribution in [1.29, 1.82) is 0 Å². The summed E-state index contributed by atoms with van der Waals surface area (Å²) in [6, 6.07) is 17.2. The van der Waals surface area contributed by atoms with Gasteiger partial charge in [-0.15, -0.1) is 0 Å². The Morgan fingerprint density at radius 1 is 0.781 bits per heavy atom. The SMILES string of the molecule is CCC(C)(C)c1ccc(CCCOC(=O)OCCCc2ccccc2)c(C(C)(C)CC)c1. The van der Waals surface area contributed by atoms with Gasteiger partial charge in [-0.2, -0.15) is 0 Å². The van der Waals surface area contributed by atoms with Gasteiger partial charge < -0.3 is 9.47 Å². The smallest absolute Gasteiger partial charge is 0.434 e. The molecule has 2 aromatic carbocycles. The molecule has 0 heterocycles. The molecule has 3 nitrogen and oxygen atoms in total. The molecular weight excluding hydrogens is 396 g/mol. The number of hydrogen-bond acceptors (Lipinski definition) is 3. The topological polar surface area (TPSA) is 35.5 Å². The van der Waals surface area contributed by atoms with Crippen molar-refractivity contribution in [3.63, 3.8) is 0 Å². The van der Waals surface area contributed by atoms with Gasteiger partial charge in [0.15, 0.2) is 0 Å². The molecule has 3 heteroatoms. The molecule has 2 rings (SSSR count). The molecule has 32 heavy (non-hydrogen) atoms. The second-order valence-electron chi connectivity index (χ2n) is 9.99. The predicted molar refractivity (Wildman–Crippen MR) is 133 cm³/mol. The highest BCUT2D eigenvalue weighted by Crippen LogP contribution is 2.35. The molecule has 0 bridgehead atoms. The highest BCUT2D eigenvalue weighted by atomic mass is 16.7. The first kappa shape index (κ1) is 26.0. The van der Waals surface area contributed by atoms with Crippen molar-refractivity contribution in [3.8, 4) is 0 Å². The van der Waals surface area contributed by atoms with E-state index < -0.39 is 6.16 Å². The standard InChI is InChI=1S/C29H42O3/c1-7-28(3,4)25-19-18-24(26(22-25)29(5,6)8-2)17-13-21-32-27(30)31-20-12-16-23-14-10-9-11-15-23/h9-11,14-15,18-19,22H,7-8,12-13,16-17,20-21H2,1-6H3. The molecule has 0 aliphatic carbocycles. The maximum atomic E-state index is 11.9. The molecule has 2 aromatic rings. The van der Waals surface area contributed by atoms with Gasteiger partial charge in [0.2, 0.25) is 0 Å². The van der Waals surface area contributed by atoms with Gasteiger partial charge in [0.1, 0.15) is 0 Å². The average molecular weight is 439 g/mol. The van der Waals surface area contributed by atoms with Crippen LogP contribution in [0.25, 0.3) is 0 Å². The predicted octanol–water partition coefficient (Wildman–Crippen LogP) is 7.78. The summed E-state index contributed by atoms with van der Waals surface area (Å²) in [4.78, 5) is 11.9. The molecule has 0 fully saturated rings. The fourth-order valence-corrected chi connectivity index (χ4v) is 3.78. The Labute approximate surface area is 195 Å². The quantitative estimate of drug-likeness (QED) is 0.251. The van der Waals surface area contributed by atoms with Crippen molar-refractivity contribution in [3.05, 3.63) is 70.8 Å². The Balaban J connectivity index is 1.83. The zero-order valence-electron chi connectivity index (χ0n) is 21.0. The monoisotopic (exact) mass is 438 g/mol. The van der Waals surface area contributed by atoms with Gasteiger partial charge in [0.25, 0.3) is 0 Å². The maximum absolute atomic E-state index is 11.9. The zero-order chi connectivity index (χ0) is 23.6. The fraction of sp³-hybridized carbons (Fsp3) is 0.552. The number of ether oxygens (including phenoxy) is 2. The van der Waals surface area contributed by atoms with Crippen LogP contribution in [0.15, 0.2) is 48.5 Å². The Morgan fingerprint density at radius 2 is 1.38 bits per heavy atom. The lowest BCUT2D eigenvalue weighted by Gasteiger charge is -2.31. The first-order valence-corrected chi connectivity index (χ1v) is 12.2. The molecule has 0 saturated carbocycles. The van der Waals surface area contributed by atoms with Crippen molar-refractivity contribution >= 4 is 6.16 Å². The molecule has 0 spiro atoms. The Hall–Kier alpha value is -2.29. The minimum atomic E-state index is -0.563. The fourth-order valence-electron chi connectivity index (χ4n) is 3.78. The molecule has 0 aliphatic rings. The van der Waals surface area contributed by atoms with Crippen LogP contribution in [0.3, 0.4) is 0 Å². The number of hydrogen-bond donors (Lipinski definition) is 0. The summed E-state index contributed by atoms with van der Waals surface area (Å²) in [7, 11) is 0. The van der Waals surface area contributed by atoms with Gasteiger partial charge in [-0.3, -0.25) is 0 Å². The van der Waals surface area contributed by atoms with Crippen LogP contribution in [0.1, 0.15) is 89.5 Å².